The lowest BCUT2D eigenvalue weighted by atomic mass is 10.1. The van der Waals surface area contributed by atoms with Gasteiger partial charge in [0.25, 0.3) is 0 Å². The summed E-state index contributed by atoms with van der Waals surface area (Å²) in [7, 11) is 0. The Hall–Kier alpha value is -0.770. The van der Waals surface area contributed by atoms with Gasteiger partial charge < -0.3 is 15.0 Å². The van der Waals surface area contributed by atoms with Crippen molar-refractivity contribution in [3.63, 3.8) is 0 Å². The minimum Gasteiger partial charge on any atom is -0.381 e. The molecule has 0 radical (unpaired) electrons. The minimum atomic E-state index is 0.662. The van der Waals surface area contributed by atoms with Crippen molar-refractivity contribution in [2.24, 2.45) is 16.8 Å². The molecule has 4 nitrogen and oxygen atoms in total. The van der Waals surface area contributed by atoms with Gasteiger partial charge in [0.05, 0.1) is 6.61 Å². The number of likely N-dealkylation sites (tertiary alicyclic amines) is 1. The molecule has 1 unspecified atom stereocenters. The van der Waals surface area contributed by atoms with Crippen LogP contribution in [-0.2, 0) is 4.74 Å². The predicted octanol–water partition coefficient (Wildman–Crippen LogP) is 3.14. The number of aliphatic imine (C=N–C) groups is 1. The van der Waals surface area contributed by atoms with E-state index < -0.39 is 0 Å². The second-order valence-corrected chi connectivity index (χ2v) is 6.39. The van der Waals surface area contributed by atoms with E-state index in [9.17, 15) is 0 Å². The van der Waals surface area contributed by atoms with E-state index in [4.69, 9.17) is 9.73 Å². The topological polar surface area (TPSA) is 36.9 Å². The van der Waals surface area contributed by atoms with Crippen LogP contribution in [-0.4, -0.2) is 50.3 Å². The smallest absolute Gasteiger partial charge is 0.193 e. The average molecular weight is 297 g/mol. The molecule has 0 bridgehead atoms. The summed E-state index contributed by atoms with van der Waals surface area (Å²) in [6.07, 6.45) is 5.01. The Kier molecular flexibility index (Phi) is 9.48. The Bertz CT molecular complexity index is 292. The first-order chi connectivity index (χ1) is 10.2. The van der Waals surface area contributed by atoms with E-state index >= 15 is 0 Å². The van der Waals surface area contributed by atoms with E-state index in [1.165, 1.54) is 25.7 Å². The van der Waals surface area contributed by atoms with E-state index in [1.54, 1.807) is 0 Å². The molecule has 0 spiro atoms. The number of guanidine groups is 1. The van der Waals surface area contributed by atoms with Crippen LogP contribution in [0.15, 0.2) is 4.99 Å². The van der Waals surface area contributed by atoms with Crippen LogP contribution in [0.2, 0.25) is 0 Å². The van der Waals surface area contributed by atoms with Gasteiger partial charge in [0.1, 0.15) is 0 Å². The Balaban J connectivity index is 2.34. The minimum absolute atomic E-state index is 0.662. The van der Waals surface area contributed by atoms with E-state index in [0.29, 0.717) is 5.92 Å². The third-order valence-electron chi connectivity index (χ3n) is 3.93. The summed E-state index contributed by atoms with van der Waals surface area (Å²) < 4.78 is 5.55. The summed E-state index contributed by atoms with van der Waals surface area (Å²) in [6, 6.07) is 0. The SMILES string of the molecule is CCNC(=NCCCCC(C)C)N1CCC(COCC)C1. The number of hydrogen-bond acceptors (Lipinski definition) is 2. The van der Waals surface area contributed by atoms with Gasteiger partial charge in [-0.15, -0.1) is 0 Å². The number of unbranched alkanes of at least 4 members (excludes halogenated alkanes) is 1. The Morgan fingerprint density at radius 1 is 1.33 bits per heavy atom. The van der Waals surface area contributed by atoms with Crippen LogP contribution < -0.4 is 5.32 Å². The monoisotopic (exact) mass is 297 g/mol. The van der Waals surface area contributed by atoms with Gasteiger partial charge >= 0.3 is 0 Å². The molecule has 1 saturated heterocycles. The van der Waals surface area contributed by atoms with Crippen LogP contribution in [0.3, 0.4) is 0 Å². The first kappa shape index (κ1) is 18.3. The zero-order valence-electron chi connectivity index (χ0n) is 14.5. The van der Waals surface area contributed by atoms with Crippen LogP contribution in [0.4, 0.5) is 0 Å². The van der Waals surface area contributed by atoms with Crippen LogP contribution in [0.1, 0.15) is 53.4 Å². The molecule has 0 saturated carbocycles. The Labute approximate surface area is 131 Å². The maximum Gasteiger partial charge on any atom is 0.193 e. The van der Waals surface area contributed by atoms with Gasteiger partial charge in [-0.2, -0.15) is 0 Å². The van der Waals surface area contributed by atoms with Gasteiger partial charge in [0, 0.05) is 38.7 Å². The maximum atomic E-state index is 5.55. The quantitative estimate of drug-likeness (QED) is 0.403. The van der Waals surface area contributed by atoms with Gasteiger partial charge in [-0.05, 0) is 32.6 Å². The number of nitrogens with one attached hydrogen (secondary N) is 1. The fraction of sp³-hybridized carbons (Fsp3) is 0.941. The van der Waals surface area contributed by atoms with Crippen molar-refractivity contribution in [1.29, 1.82) is 0 Å². The van der Waals surface area contributed by atoms with Gasteiger partial charge in [0.2, 0.25) is 0 Å². The highest BCUT2D eigenvalue weighted by Gasteiger charge is 2.24. The molecule has 0 aromatic carbocycles. The van der Waals surface area contributed by atoms with Crippen molar-refractivity contribution in [3.8, 4) is 0 Å². The summed E-state index contributed by atoms with van der Waals surface area (Å²) in [5.74, 6) is 2.57. The van der Waals surface area contributed by atoms with E-state index in [1.807, 2.05) is 0 Å². The molecule has 21 heavy (non-hydrogen) atoms. The van der Waals surface area contributed by atoms with E-state index in [2.05, 4.69) is 37.9 Å². The molecule has 1 fully saturated rings. The molecule has 0 aromatic heterocycles. The molecule has 1 N–H and O–H groups in total. The van der Waals surface area contributed by atoms with Crippen molar-refractivity contribution < 1.29 is 4.74 Å². The first-order valence-corrected chi connectivity index (χ1v) is 8.78. The zero-order chi connectivity index (χ0) is 15.5. The third-order valence-corrected chi connectivity index (χ3v) is 3.93. The normalized spacial score (nSPS) is 19.6. The van der Waals surface area contributed by atoms with Gasteiger partial charge in [-0.1, -0.05) is 26.7 Å². The average Bonchev–Trinajstić information content (AvgIpc) is 2.92. The van der Waals surface area contributed by atoms with Crippen LogP contribution in [0.5, 0.6) is 0 Å². The van der Waals surface area contributed by atoms with Crippen molar-refractivity contribution >= 4 is 5.96 Å². The molecule has 0 aromatic rings. The molecule has 124 valence electrons. The third kappa shape index (κ3) is 7.70. The highest BCUT2D eigenvalue weighted by atomic mass is 16.5. The highest BCUT2D eigenvalue weighted by Crippen LogP contribution is 2.16. The molecule has 1 aliphatic heterocycles. The van der Waals surface area contributed by atoms with Crippen molar-refractivity contribution in [3.05, 3.63) is 0 Å². The Morgan fingerprint density at radius 3 is 2.81 bits per heavy atom. The van der Waals surface area contributed by atoms with Gasteiger partial charge in [-0.3, -0.25) is 4.99 Å². The number of hydrogen-bond donors (Lipinski definition) is 1. The van der Waals surface area contributed by atoms with E-state index in [0.717, 1.165) is 51.3 Å². The molecule has 4 heteroatoms. The standard InChI is InChI=1S/C17H35N3O/c1-5-18-17(19-11-8-7-9-15(3)4)20-12-10-16(13-20)14-21-6-2/h15-16H,5-14H2,1-4H3,(H,18,19). The van der Waals surface area contributed by atoms with E-state index in [-0.39, 0.29) is 0 Å². The summed E-state index contributed by atoms with van der Waals surface area (Å²) in [4.78, 5) is 7.20. The Morgan fingerprint density at radius 2 is 2.14 bits per heavy atom. The molecule has 1 aliphatic rings. The fourth-order valence-electron chi connectivity index (χ4n) is 2.72. The lowest BCUT2D eigenvalue weighted by Crippen LogP contribution is -2.40. The molecule has 0 amide bonds. The summed E-state index contributed by atoms with van der Waals surface area (Å²) in [6.45, 7) is 14.6. The summed E-state index contributed by atoms with van der Waals surface area (Å²) in [5.41, 5.74) is 0. The molecule has 1 heterocycles. The second kappa shape index (κ2) is 10.9. The summed E-state index contributed by atoms with van der Waals surface area (Å²) >= 11 is 0. The van der Waals surface area contributed by atoms with Crippen molar-refractivity contribution in [1.82, 2.24) is 10.2 Å². The first-order valence-electron chi connectivity index (χ1n) is 8.78. The highest BCUT2D eigenvalue weighted by molar-refractivity contribution is 5.80. The second-order valence-electron chi connectivity index (χ2n) is 6.39. The van der Waals surface area contributed by atoms with Gasteiger partial charge in [-0.25, -0.2) is 0 Å². The van der Waals surface area contributed by atoms with Crippen LogP contribution >= 0.6 is 0 Å². The lowest BCUT2D eigenvalue weighted by molar-refractivity contribution is 0.114. The predicted molar refractivity (Wildman–Crippen MR) is 90.8 cm³/mol. The largest absolute Gasteiger partial charge is 0.381 e. The fourth-order valence-corrected chi connectivity index (χ4v) is 2.72. The maximum absolute atomic E-state index is 5.55. The van der Waals surface area contributed by atoms with Crippen molar-refractivity contribution in [2.75, 3.05) is 39.4 Å². The van der Waals surface area contributed by atoms with Crippen LogP contribution in [0.25, 0.3) is 0 Å². The summed E-state index contributed by atoms with van der Waals surface area (Å²) in [5, 5.41) is 3.44. The number of ether oxygens (including phenoxy) is 1. The van der Waals surface area contributed by atoms with Crippen LogP contribution in [0, 0.1) is 11.8 Å². The van der Waals surface area contributed by atoms with Crippen molar-refractivity contribution in [2.45, 2.75) is 53.4 Å². The number of rotatable bonds is 9. The molecular weight excluding hydrogens is 262 g/mol. The molecular formula is C17H35N3O. The molecule has 0 aliphatic carbocycles. The zero-order valence-corrected chi connectivity index (χ0v) is 14.5. The number of nitrogens with zero attached hydrogens (tertiary/aromatic N) is 2. The molecule has 1 rings (SSSR count). The molecule has 1 atom stereocenters. The van der Waals surface area contributed by atoms with Gasteiger partial charge in [0.15, 0.2) is 5.96 Å². The lowest BCUT2D eigenvalue weighted by Gasteiger charge is -2.21.